The van der Waals surface area contributed by atoms with Crippen LogP contribution in [0, 0.1) is 0 Å². The Balaban J connectivity index is 0.00000176. The number of methoxy groups -OCH3 is 1. The van der Waals surface area contributed by atoms with Gasteiger partial charge in [0.1, 0.15) is 12.4 Å². The Morgan fingerprint density at radius 1 is 1.14 bits per heavy atom. The van der Waals surface area contributed by atoms with E-state index in [1.165, 1.54) is 7.11 Å². The standard InChI is InChI=1S/C17H17NO3.ClH/c1-20-17(19)13-4-2-12(3-5-13)14-6-7-16-15(10-14)11-18-8-9-21-16;/h2-7,10,18H,8-9,11H2,1H3;1H. The SMILES string of the molecule is COC(=O)c1ccc(-c2ccc3c(c2)CNCCO3)cc1.Cl. The third-order valence-electron chi connectivity index (χ3n) is 3.55. The van der Waals surface area contributed by atoms with Crippen molar-refractivity contribution in [2.75, 3.05) is 20.3 Å². The molecular formula is C17H18ClNO3. The van der Waals surface area contributed by atoms with Crippen LogP contribution in [0.15, 0.2) is 42.5 Å². The molecule has 0 unspecified atom stereocenters. The van der Waals surface area contributed by atoms with E-state index in [4.69, 9.17) is 9.47 Å². The van der Waals surface area contributed by atoms with Gasteiger partial charge in [0.15, 0.2) is 0 Å². The maximum absolute atomic E-state index is 11.4. The molecule has 1 N–H and O–H groups in total. The zero-order chi connectivity index (χ0) is 14.7. The average molecular weight is 320 g/mol. The number of benzene rings is 2. The Hall–Kier alpha value is -2.04. The lowest BCUT2D eigenvalue weighted by Crippen LogP contribution is -2.16. The summed E-state index contributed by atoms with van der Waals surface area (Å²) in [5, 5.41) is 3.33. The number of nitrogens with one attached hydrogen (secondary N) is 1. The van der Waals surface area contributed by atoms with Crippen molar-refractivity contribution in [3.63, 3.8) is 0 Å². The molecule has 2 aromatic carbocycles. The van der Waals surface area contributed by atoms with Crippen LogP contribution in [0.2, 0.25) is 0 Å². The summed E-state index contributed by atoms with van der Waals surface area (Å²) in [5.74, 6) is 0.621. The summed E-state index contributed by atoms with van der Waals surface area (Å²) >= 11 is 0. The molecule has 0 bridgehead atoms. The number of esters is 1. The van der Waals surface area contributed by atoms with Gasteiger partial charge >= 0.3 is 5.97 Å². The van der Waals surface area contributed by atoms with Gasteiger partial charge in [0.05, 0.1) is 12.7 Å². The van der Waals surface area contributed by atoms with E-state index in [1.54, 1.807) is 12.1 Å². The first-order chi connectivity index (χ1) is 10.3. The summed E-state index contributed by atoms with van der Waals surface area (Å²) < 4.78 is 10.4. The second-order valence-corrected chi connectivity index (χ2v) is 4.92. The van der Waals surface area contributed by atoms with Gasteiger partial charge in [-0.2, -0.15) is 0 Å². The van der Waals surface area contributed by atoms with E-state index in [2.05, 4.69) is 11.4 Å². The molecule has 5 heteroatoms. The number of carbonyl (C=O) groups excluding carboxylic acids is 1. The molecule has 0 fully saturated rings. The van der Waals surface area contributed by atoms with Crippen LogP contribution in [0.3, 0.4) is 0 Å². The topological polar surface area (TPSA) is 47.6 Å². The minimum Gasteiger partial charge on any atom is -0.492 e. The number of ether oxygens (including phenoxy) is 2. The van der Waals surface area contributed by atoms with Crippen LogP contribution in [0.4, 0.5) is 0 Å². The van der Waals surface area contributed by atoms with Crippen LogP contribution in [0.25, 0.3) is 11.1 Å². The Kier molecular flexibility index (Phi) is 5.41. The van der Waals surface area contributed by atoms with E-state index >= 15 is 0 Å². The van der Waals surface area contributed by atoms with E-state index in [0.29, 0.717) is 12.2 Å². The summed E-state index contributed by atoms with van der Waals surface area (Å²) in [4.78, 5) is 11.4. The molecule has 22 heavy (non-hydrogen) atoms. The fourth-order valence-corrected chi connectivity index (χ4v) is 2.41. The zero-order valence-corrected chi connectivity index (χ0v) is 13.1. The zero-order valence-electron chi connectivity index (χ0n) is 12.3. The molecule has 4 nitrogen and oxygen atoms in total. The molecule has 0 saturated heterocycles. The van der Waals surface area contributed by atoms with Gasteiger partial charge in [-0.1, -0.05) is 18.2 Å². The second-order valence-electron chi connectivity index (χ2n) is 4.92. The third kappa shape index (κ3) is 3.40. The van der Waals surface area contributed by atoms with Crippen molar-refractivity contribution in [2.24, 2.45) is 0 Å². The molecule has 0 saturated carbocycles. The summed E-state index contributed by atoms with van der Waals surface area (Å²) in [6, 6.07) is 13.6. The minimum absolute atomic E-state index is 0. The van der Waals surface area contributed by atoms with Gasteiger partial charge in [-0.25, -0.2) is 4.79 Å². The predicted molar refractivity (Wildman–Crippen MR) is 87.7 cm³/mol. The fraction of sp³-hybridized carbons (Fsp3) is 0.235. The number of halogens is 1. The lowest BCUT2D eigenvalue weighted by Gasteiger charge is -2.09. The van der Waals surface area contributed by atoms with Crippen molar-refractivity contribution in [3.05, 3.63) is 53.6 Å². The van der Waals surface area contributed by atoms with Crippen LogP contribution in [-0.4, -0.2) is 26.2 Å². The molecule has 0 aromatic heterocycles. The highest BCUT2D eigenvalue weighted by Gasteiger charge is 2.10. The Morgan fingerprint density at radius 2 is 1.86 bits per heavy atom. The molecule has 0 amide bonds. The number of hydrogen-bond acceptors (Lipinski definition) is 4. The molecule has 3 rings (SSSR count). The van der Waals surface area contributed by atoms with E-state index < -0.39 is 0 Å². The van der Waals surface area contributed by atoms with Crippen molar-refractivity contribution in [2.45, 2.75) is 6.54 Å². The average Bonchev–Trinajstić information content (AvgIpc) is 2.79. The lowest BCUT2D eigenvalue weighted by atomic mass is 10.0. The van der Waals surface area contributed by atoms with Crippen LogP contribution in [0.1, 0.15) is 15.9 Å². The highest BCUT2D eigenvalue weighted by atomic mass is 35.5. The highest BCUT2D eigenvalue weighted by molar-refractivity contribution is 5.90. The highest BCUT2D eigenvalue weighted by Crippen LogP contribution is 2.28. The number of rotatable bonds is 2. The Bertz CT molecular complexity index is 655. The van der Waals surface area contributed by atoms with E-state index in [9.17, 15) is 4.79 Å². The first-order valence-electron chi connectivity index (χ1n) is 6.93. The summed E-state index contributed by atoms with van der Waals surface area (Å²) in [7, 11) is 1.38. The molecule has 2 aromatic rings. The smallest absolute Gasteiger partial charge is 0.337 e. The molecule has 0 radical (unpaired) electrons. The first-order valence-corrected chi connectivity index (χ1v) is 6.93. The lowest BCUT2D eigenvalue weighted by molar-refractivity contribution is 0.0601. The van der Waals surface area contributed by atoms with Gasteiger partial charge in [0.25, 0.3) is 0 Å². The summed E-state index contributed by atoms with van der Waals surface area (Å²) in [6.45, 7) is 2.36. The van der Waals surface area contributed by atoms with Crippen molar-refractivity contribution in [3.8, 4) is 16.9 Å². The van der Waals surface area contributed by atoms with Crippen molar-refractivity contribution < 1.29 is 14.3 Å². The number of carbonyl (C=O) groups is 1. The molecule has 1 heterocycles. The number of fused-ring (bicyclic) bond motifs is 1. The van der Waals surface area contributed by atoms with Gasteiger partial charge in [0.2, 0.25) is 0 Å². The monoisotopic (exact) mass is 319 g/mol. The van der Waals surface area contributed by atoms with E-state index in [1.807, 2.05) is 24.3 Å². The van der Waals surface area contributed by atoms with Gasteiger partial charge in [0, 0.05) is 18.7 Å². The molecule has 1 aliphatic rings. The molecule has 0 spiro atoms. The van der Waals surface area contributed by atoms with Crippen LogP contribution in [0.5, 0.6) is 5.75 Å². The summed E-state index contributed by atoms with van der Waals surface area (Å²) in [5.41, 5.74) is 3.88. The second kappa shape index (κ2) is 7.29. The van der Waals surface area contributed by atoms with Crippen LogP contribution < -0.4 is 10.1 Å². The molecule has 1 aliphatic heterocycles. The number of hydrogen-bond donors (Lipinski definition) is 1. The maximum Gasteiger partial charge on any atom is 0.337 e. The van der Waals surface area contributed by atoms with Crippen molar-refractivity contribution in [1.82, 2.24) is 5.32 Å². The van der Waals surface area contributed by atoms with Gasteiger partial charge in [-0.3, -0.25) is 0 Å². The summed E-state index contributed by atoms with van der Waals surface area (Å²) in [6.07, 6.45) is 0. The molecule has 0 aliphatic carbocycles. The molecular weight excluding hydrogens is 302 g/mol. The van der Waals surface area contributed by atoms with E-state index in [0.717, 1.165) is 35.5 Å². The van der Waals surface area contributed by atoms with Crippen LogP contribution >= 0.6 is 12.4 Å². The third-order valence-corrected chi connectivity index (χ3v) is 3.55. The van der Waals surface area contributed by atoms with Gasteiger partial charge in [-0.05, 0) is 35.4 Å². The Morgan fingerprint density at radius 3 is 2.59 bits per heavy atom. The van der Waals surface area contributed by atoms with Crippen molar-refractivity contribution in [1.29, 1.82) is 0 Å². The van der Waals surface area contributed by atoms with Crippen LogP contribution in [-0.2, 0) is 11.3 Å². The molecule has 0 atom stereocenters. The normalized spacial score (nSPS) is 13.1. The predicted octanol–water partition coefficient (Wildman–Crippen LogP) is 3.04. The first kappa shape index (κ1) is 16.3. The fourth-order valence-electron chi connectivity index (χ4n) is 2.41. The maximum atomic E-state index is 11.4. The quantitative estimate of drug-likeness (QED) is 0.864. The largest absolute Gasteiger partial charge is 0.492 e. The van der Waals surface area contributed by atoms with E-state index in [-0.39, 0.29) is 18.4 Å². The van der Waals surface area contributed by atoms with Gasteiger partial charge < -0.3 is 14.8 Å². The minimum atomic E-state index is -0.318. The Labute approximate surface area is 135 Å². The molecule has 116 valence electrons. The van der Waals surface area contributed by atoms with Crippen molar-refractivity contribution >= 4 is 18.4 Å². The van der Waals surface area contributed by atoms with Gasteiger partial charge in [-0.15, -0.1) is 12.4 Å².